The van der Waals surface area contributed by atoms with Crippen molar-refractivity contribution in [3.63, 3.8) is 0 Å². The molecule has 10 heteroatoms. The van der Waals surface area contributed by atoms with Gasteiger partial charge in [-0.05, 0) is 6.42 Å². The van der Waals surface area contributed by atoms with Crippen molar-refractivity contribution < 1.29 is 19.6 Å². The largest absolute Gasteiger partial charge is 0.589 e. The third kappa shape index (κ3) is 8.87. The monoisotopic (exact) mass is 414 g/mol. The fourth-order valence-electron chi connectivity index (χ4n) is 2.04. The summed E-state index contributed by atoms with van der Waals surface area (Å²) in [6, 6.07) is -2.48. The molecule has 0 spiro atoms. The minimum absolute atomic E-state index is 0.0158. The summed E-state index contributed by atoms with van der Waals surface area (Å²) in [5.74, 6) is 21.6. The molecule has 0 bridgehead atoms. The Balaban J connectivity index is 4.64. The molecule has 1 radical (unpaired) electrons. The minimum atomic E-state index is -3.71. The van der Waals surface area contributed by atoms with Gasteiger partial charge in [-0.15, -0.1) is 5.92 Å². The zero-order valence-electron chi connectivity index (χ0n) is 16.4. The van der Waals surface area contributed by atoms with Crippen LogP contribution in [0.15, 0.2) is 0 Å². The van der Waals surface area contributed by atoms with Crippen molar-refractivity contribution in [2.75, 3.05) is 0 Å². The van der Waals surface area contributed by atoms with E-state index in [1.165, 1.54) is 0 Å². The topological polar surface area (TPSA) is 146 Å². The van der Waals surface area contributed by atoms with Crippen molar-refractivity contribution in [2.24, 2.45) is 0 Å². The maximum Gasteiger partial charge on any atom is 0.589 e. The molecule has 157 valence electrons. The van der Waals surface area contributed by atoms with Gasteiger partial charge < -0.3 is 0 Å². The molecule has 1 unspecified atom stereocenters. The fourth-order valence-corrected chi connectivity index (χ4v) is 2.04. The number of unbranched alkanes of at least 4 members (excludes halogenated alkanes) is 3. The summed E-state index contributed by atoms with van der Waals surface area (Å²) < 4.78 is 0. The molecule has 10 nitrogen and oxygen atoms in total. The summed E-state index contributed by atoms with van der Waals surface area (Å²) in [5, 5.41) is 32.8. The molecular weight excluding hydrogens is 394 g/mol. The molecule has 0 heterocycles. The Bertz CT molecular complexity index is 868. The van der Waals surface area contributed by atoms with Crippen LogP contribution in [0.5, 0.6) is 0 Å². The van der Waals surface area contributed by atoms with Gasteiger partial charge in [-0.1, -0.05) is 61.2 Å². The SMILES string of the molecule is CCCCCC#CCC#CCC#CCC#CCC([N+](=O)[O-])C([C]=O)([N+](=O)[O-])[N+](=O)[O-]. The summed E-state index contributed by atoms with van der Waals surface area (Å²) in [5.41, 5.74) is -3.71. The van der Waals surface area contributed by atoms with Gasteiger partial charge in [-0.3, -0.25) is 35.1 Å². The molecule has 0 aliphatic rings. The first-order valence-electron chi connectivity index (χ1n) is 8.99. The van der Waals surface area contributed by atoms with E-state index in [2.05, 4.69) is 54.3 Å². The Kier molecular flexibility index (Phi) is 13.1. The lowest BCUT2D eigenvalue weighted by Gasteiger charge is -2.12. The van der Waals surface area contributed by atoms with E-state index < -0.39 is 32.9 Å². The van der Waals surface area contributed by atoms with Crippen molar-refractivity contribution in [3.8, 4) is 47.4 Å². The van der Waals surface area contributed by atoms with Gasteiger partial charge in [0.05, 0.1) is 25.7 Å². The second-order valence-corrected chi connectivity index (χ2v) is 5.75. The molecule has 30 heavy (non-hydrogen) atoms. The van der Waals surface area contributed by atoms with E-state index >= 15 is 0 Å². The van der Waals surface area contributed by atoms with E-state index in [0.717, 1.165) is 25.7 Å². The highest BCUT2D eigenvalue weighted by atomic mass is 16.7. The van der Waals surface area contributed by atoms with Gasteiger partial charge in [0.25, 0.3) is 0 Å². The second-order valence-electron chi connectivity index (χ2n) is 5.75. The second kappa shape index (κ2) is 15.1. The molecule has 1 atom stereocenters. The molecule has 0 aliphatic carbocycles. The molecular formula is C20H20N3O7. The Morgan fingerprint density at radius 1 is 0.767 bits per heavy atom. The van der Waals surface area contributed by atoms with Crippen LogP contribution in [-0.2, 0) is 4.79 Å². The standard InChI is InChI=1S/C20H20N3O7/c1-2-3-4-5-6-7-8-9-10-11-12-13-14-15-16-17-19(21(25)26)20(18-24,22(27)28)23(29)30/h19H,2-5,8,11,14,17H2,1H3. The maximum absolute atomic E-state index is 11.0. The first-order valence-corrected chi connectivity index (χ1v) is 8.99. The fraction of sp³-hybridized carbons (Fsp3) is 0.550. The highest BCUT2D eigenvalue weighted by Crippen LogP contribution is 2.19. The van der Waals surface area contributed by atoms with Gasteiger partial charge in [0.1, 0.15) is 9.85 Å². The predicted octanol–water partition coefficient (Wildman–Crippen LogP) is 2.15. The quantitative estimate of drug-likeness (QED) is 0.185. The van der Waals surface area contributed by atoms with Crippen molar-refractivity contribution in [2.45, 2.75) is 70.0 Å². The zero-order chi connectivity index (χ0) is 22.8. The molecule has 0 saturated carbocycles. The normalized spacial score (nSPS) is 10.3. The lowest BCUT2D eigenvalue weighted by atomic mass is 10.0. The van der Waals surface area contributed by atoms with E-state index in [4.69, 9.17) is 0 Å². The number of hydrogen-bond acceptors (Lipinski definition) is 7. The molecule has 0 aromatic rings. The van der Waals surface area contributed by atoms with Gasteiger partial charge >= 0.3 is 18.0 Å². The van der Waals surface area contributed by atoms with Gasteiger partial charge in [0, 0.05) is 11.3 Å². The smallest absolute Gasteiger partial charge is 0.273 e. The Morgan fingerprint density at radius 3 is 1.63 bits per heavy atom. The average Bonchev–Trinajstić information content (AvgIpc) is 2.69. The van der Waals surface area contributed by atoms with Crippen LogP contribution in [0.1, 0.15) is 58.3 Å². The van der Waals surface area contributed by atoms with E-state index in [-0.39, 0.29) is 12.8 Å². The van der Waals surface area contributed by atoms with Crippen molar-refractivity contribution >= 4 is 6.29 Å². The van der Waals surface area contributed by atoms with E-state index in [0.29, 0.717) is 12.7 Å². The number of nitro groups is 3. The molecule has 0 aromatic carbocycles. The highest BCUT2D eigenvalue weighted by Gasteiger charge is 2.71. The molecule has 0 amide bonds. The van der Waals surface area contributed by atoms with Crippen LogP contribution < -0.4 is 0 Å². The van der Waals surface area contributed by atoms with Crippen LogP contribution in [-0.4, -0.2) is 32.8 Å². The summed E-state index contributed by atoms with van der Waals surface area (Å²) in [6.45, 7) is 2.12. The van der Waals surface area contributed by atoms with Gasteiger partial charge in [-0.2, -0.15) is 0 Å². The Labute approximate surface area is 174 Å². The number of hydrogen-bond donors (Lipinski definition) is 0. The molecule has 0 saturated heterocycles. The average molecular weight is 414 g/mol. The third-order valence-electron chi connectivity index (χ3n) is 3.66. The van der Waals surface area contributed by atoms with Crippen LogP contribution in [0, 0.1) is 77.7 Å². The Hall–Kier alpha value is -3.89. The highest BCUT2D eigenvalue weighted by molar-refractivity contribution is 5.61. The third-order valence-corrected chi connectivity index (χ3v) is 3.66. The van der Waals surface area contributed by atoms with Crippen molar-refractivity contribution in [3.05, 3.63) is 30.3 Å². The Morgan fingerprint density at radius 2 is 1.23 bits per heavy atom. The minimum Gasteiger partial charge on any atom is -0.273 e. The molecule has 0 rings (SSSR count). The lowest BCUT2D eigenvalue weighted by molar-refractivity contribution is -0.810. The van der Waals surface area contributed by atoms with E-state index in [1.807, 2.05) is 0 Å². The molecule has 0 aromatic heterocycles. The van der Waals surface area contributed by atoms with Crippen LogP contribution >= 0.6 is 0 Å². The lowest BCUT2D eigenvalue weighted by Crippen LogP contribution is -2.59. The van der Waals surface area contributed by atoms with Gasteiger partial charge in [0.2, 0.25) is 0 Å². The van der Waals surface area contributed by atoms with E-state index in [9.17, 15) is 35.1 Å². The summed E-state index contributed by atoms with van der Waals surface area (Å²) in [4.78, 5) is 39.1. The van der Waals surface area contributed by atoms with Crippen LogP contribution in [0.2, 0.25) is 0 Å². The first-order chi connectivity index (χ1) is 14.3. The summed E-state index contributed by atoms with van der Waals surface area (Å²) in [6.07, 6.45) is 4.69. The zero-order valence-corrected chi connectivity index (χ0v) is 16.4. The van der Waals surface area contributed by atoms with Gasteiger partial charge in [-0.25, -0.2) is 0 Å². The first kappa shape index (κ1) is 26.1. The molecule has 0 N–H and O–H groups in total. The number of nitrogens with zero attached hydrogens (tertiary/aromatic N) is 3. The molecule has 0 aliphatic heterocycles. The summed E-state index contributed by atoms with van der Waals surface area (Å²) >= 11 is 0. The number of carbonyl (C=O) groups excluding carboxylic acids is 1. The van der Waals surface area contributed by atoms with Crippen molar-refractivity contribution in [1.82, 2.24) is 0 Å². The van der Waals surface area contributed by atoms with Crippen LogP contribution in [0.3, 0.4) is 0 Å². The van der Waals surface area contributed by atoms with Crippen LogP contribution in [0.4, 0.5) is 0 Å². The predicted molar refractivity (Wildman–Crippen MR) is 107 cm³/mol. The van der Waals surface area contributed by atoms with E-state index in [1.54, 1.807) is 0 Å². The van der Waals surface area contributed by atoms with Crippen LogP contribution in [0.25, 0.3) is 0 Å². The summed E-state index contributed by atoms with van der Waals surface area (Å²) in [7, 11) is 0. The van der Waals surface area contributed by atoms with Crippen molar-refractivity contribution in [1.29, 1.82) is 0 Å². The maximum atomic E-state index is 11.0. The molecule has 0 fully saturated rings. The number of rotatable bonds is 9. The van der Waals surface area contributed by atoms with Gasteiger partial charge in [0.15, 0.2) is 0 Å².